The van der Waals surface area contributed by atoms with Crippen LogP contribution in [0.15, 0.2) is 12.3 Å². The van der Waals surface area contributed by atoms with Gasteiger partial charge in [-0.05, 0) is 13.0 Å². The van der Waals surface area contributed by atoms with E-state index in [9.17, 15) is 9.59 Å². The Labute approximate surface area is 115 Å². The summed E-state index contributed by atoms with van der Waals surface area (Å²) in [5, 5.41) is 2.82. The Balaban J connectivity index is 2.60. The lowest BCUT2D eigenvalue weighted by Gasteiger charge is -2.14. The third-order valence-electron chi connectivity index (χ3n) is 2.36. The largest absolute Gasteiger partial charge is 0.345 e. The summed E-state index contributed by atoms with van der Waals surface area (Å²) in [6.45, 7) is 2.37. The van der Waals surface area contributed by atoms with Gasteiger partial charge in [0.2, 0.25) is 5.91 Å². The minimum atomic E-state index is -0.418. The summed E-state index contributed by atoms with van der Waals surface area (Å²) < 4.78 is 0. The third-order valence-corrected chi connectivity index (χ3v) is 3.04. The highest BCUT2D eigenvalue weighted by molar-refractivity contribution is 6.41. The molecule has 0 saturated carbocycles. The molecular formula is C11H13Cl2N3O2. The Morgan fingerprint density at radius 3 is 2.67 bits per heavy atom. The molecule has 0 radical (unpaired) electrons. The molecule has 7 heteroatoms. The van der Waals surface area contributed by atoms with Gasteiger partial charge in [0.25, 0.3) is 5.91 Å². The van der Waals surface area contributed by atoms with Crippen LogP contribution in [0, 0.1) is 0 Å². The highest BCUT2D eigenvalue weighted by Crippen LogP contribution is 2.19. The number of nitrogens with one attached hydrogen (secondary N) is 1. The van der Waals surface area contributed by atoms with E-state index < -0.39 is 5.91 Å². The van der Waals surface area contributed by atoms with Gasteiger partial charge in [-0.25, -0.2) is 4.98 Å². The quantitative estimate of drug-likeness (QED) is 0.857. The molecule has 0 atom stereocenters. The number of carbonyl (C=O) groups is 2. The van der Waals surface area contributed by atoms with Gasteiger partial charge in [-0.2, -0.15) is 0 Å². The molecule has 1 rings (SSSR count). The molecule has 1 aromatic rings. The summed E-state index contributed by atoms with van der Waals surface area (Å²) in [4.78, 5) is 28.4. The summed E-state index contributed by atoms with van der Waals surface area (Å²) in [5.74, 6) is -0.585. The van der Waals surface area contributed by atoms with Crippen molar-refractivity contribution in [2.45, 2.75) is 6.92 Å². The fourth-order valence-electron chi connectivity index (χ4n) is 1.11. The van der Waals surface area contributed by atoms with Crippen molar-refractivity contribution in [3.05, 3.63) is 28.0 Å². The van der Waals surface area contributed by atoms with Crippen molar-refractivity contribution in [2.75, 3.05) is 20.1 Å². The second kappa shape index (κ2) is 6.56. The molecule has 0 saturated heterocycles. The number of rotatable bonds is 4. The van der Waals surface area contributed by atoms with Gasteiger partial charge >= 0.3 is 0 Å². The molecule has 0 spiro atoms. The number of carbonyl (C=O) groups excluding carboxylic acids is 2. The smallest absolute Gasteiger partial charge is 0.253 e. The minimum absolute atomic E-state index is 0.0661. The van der Waals surface area contributed by atoms with Gasteiger partial charge in [0.15, 0.2) is 0 Å². The molecular weight excluding hydrogens is 277 g/mol. The van der Waals surface area contributed by atoms with E-state index in [1.54, 1.807) is 7.05 Å². The van der Waals surface area contributed by atoms with Crippen LogP contribution in [0.2, 0.25) is 10.2 Å². The van der Waals surface area contributed by atoms with Gasteiger partial charge < -0.3 is 10.2 Å². The fraction of sp³-hybridized carbons (Fsp3) is 0.364. The molecule has 0 fully saturated rings. The molecule has 1 N–H and O–H groups in total. The molecule has 0 aliphatic heterocycles. The SMILES string of the molecule is CCN(C)C(=O)CNC(=O)c1cnc(Cl)c(Cl)c1. The molecule has 0 aromatic carbocycles. The first-order valence-corrected chi connectivity index (χ1v) is 6.04. The average Bonchev–Trinajstić information content (AvgIpc) is 2.37. The second-order valence-electron chi connectivity index (χ2n) is 3.59. The lowest BCUT2D eigenvalue weighted by atomic mass is 10.2. The number of amides is 2. The Bertz CT molecular complexity index is 466. The van der Waals surface area contributed by atoms with Crippen molar-refractivity contribution in [1.29, 1.82) is 0 Å². The summed E-state index contributed by atoms with van der Waals surface area (Å²) >= 11 is 11.4. The van der Waals surface area contributed by atoms with Crippen molar-refractivity contribution in [3.8, 4) is 0 Å². The molecule has 2 amide bonds. The van der Waals surface area contributed by atoms with Gasteiger partial charge in [0.1, 0.15) is 5.15 Å². The predicted octanol–water partition coefficient (Wildman–Crippen LogP) is 1.60. The first-order chi connectivity index (χ1) is 8.45. The number of hydrogen-bond acceptors (Lipinski definition) is 3. The number of hydrogen-bond donors (Lipinski definition) is 1. The van der Waals surface area contributed by atoms with Crippen LogP contribution in [0.1, 0.15) is 17.3 Å². The maximum absolute atomic E-state index is 11.7. The van der Waals surface area contributed by atoms with Gasteiger partial charge in [0.05, 0.1) is 17.1 Å². The number of halogens is 2. The van der Waals surface area contributed by atoms with E-state index in [4.69, 9.17) is 23.2 Å². The standard InChI is InChI=1S/C11H13Cl2N3O2/c1-3-16(2)9(17)6-15-11(18)7-4-8(12)10(13)14-5-7/h4-5H,3,6H2,1-2H3,(H,15,18). The van der Waals surface area contributed by atoms with Crippen LogP contribution in [0.5, 0.6) is 0 Å². The molecule has 18 heavy (non-hydrogen) atoms. The third kappa shape index (κ3) is 3.85. The van der Waals surface area contributed by atoms with Crippen LogP contribution >= 0.6 is 23.2 Å². The van der Waals surface area contributed by atoms with Crippen LogP contribution in [0.3, 0.4) is 0 Å². The topological polar surface area (TPSA) is 62.3 Å². The maximum Gasteiger partial charge on any atom is 0.253 e. The van der Waals surface area contributed by atoms with Gasteiger partial charge in [0, 0.05) is 19.8 Å². The summed E-state index contributed by atoms with van der Waals surface area (Å²) in [6.07, 6.45) is 1.30. The maximum atomic E-state index is 11.7. The Hall–Kier alpha value is -1.33. The van der Waals surface area contributed by atoms with E-state index in [1.165, 1.54) is 17.2 Å². The highest BCUT2D eigenvalue weighted by Gasteiger charge is 2.12. The zero-order chi connectivity index (χ0) is 13.7. The number of aromatic nitrogens is 1. The van der Waals surface area contributed by atoms with E-state index in [2.05, 4.69) is 10.3 Å². The van der Waals surface area contributed by atoms with Crippen molar-refractivity contribution in [3.63, 3.8) is 0 Å². The molecule has 5 nitrogen and oxygen atoms in total. The molecule has 0 bridgehead atoms. The summed E-state index contributed by atoms with van der Waals surface area (Å²) in [7, 11) is 1.66. The van der Waals surface area contributed by atoms with Crippen molar-refractivity contribution in [1.82, 2.24) is 15.2 Å². The molecule has 0 aliphatic rings. The summed E-state index contributed by atoms with van der Waals surface area (Å²) in [6, 6.07) is 1.40. The zero-order valence-corrected chi connectivity index (χ0v) is 11.5. The van der Waals surface area contributed by atoms with Crippen LogP contribution in [-0.2, 0) is 4.79 Å². The second-order valence-corrected chi connectivity index (χ2v) is 4.35. The Morgan fingerprint density at radius 1 is 1.44 bits per heavy atom. The normalized spacial score (nSPS) is 10.0. The monoisotopic (exact) mass is 289 g/mol. The molecule has 1 heterocycles. The average molecular weight is 290 g/mol. The Kier molecular flexibility index (Phi) is 5.37. The van der Waals surface area contributed by atoms with Crippen molar-refractivity contribution >= 4 is 35.0 Å². The van der Waals surface area contributed by atoms with Crippen LogP contribution in [0.25, 0.3) is 0 Å². The van der Waals surface area contributed by atoms with E-state index in [1.807, 2.05) is 6.92 Å². The lowest BCUT2D eigenvalue weighted by molar-refractivity contribution is -0.128. The van der Waals surface area contributed by atoms with E-state index in [0.717, 1.165) is 0 Å². The number of likely N-dealkylation sites (N-methyl/N-ethyl adjacent to an activating group) is 1. The van der Waals surface area contributed by atoms with Gasteiger partial charge in [-0.15, -0.1) is 0 Å². The summed E-state index contributed by atoms with van der Waals surface area (Å²) in [5.41, 5.74) is 0.261. The van der Waals surface area contributed by atoms with Crippen LogP contribution in [-0.4, -0.2) is 41.8 Å². The Morgan fingerprint density at radius 2 is 2.11 bits per heavy atom. The lowest BCUT2D eigenvalue weighted by Crippen LogP contribution is -2.38. The van der Waals surface area contributed by atoms with E-state index in [0.29, 0.717) is 6.54 Å². The first-order valence-electron chi connectivity index (χ1n) is 5.29. The predicted molar refractivity (Wildman–Crippen MR) is 69.9 cm³/mol. The van der Waals surface area contributed by atoms with Crippen LogP contribution in [0.4, 0.5) is 0 Å². The van der Waals surface area contributed by atoms with E-state index >= 15 is 0 Å². The van der Waals surface area contributed by atoms with Gasteiger partial charge in [-0.1, -0.05) is 23.2 Å². The number of nitrogens with zero attached hydrogens (tertiary/aromatic N) is 2. The van der Waals surface area contributed by atoms with Crippen LogP contribution < -0.4 is 5.32 Å². The molecule has 0 aliphatic carbocycles. The highest BCUT2D eigenvalue weighted by atomic mass is 35.5. The number of pyridine rings is 1. The molecule has 1 aromatic heterocycles. The van der Waals surface area contributed by atoms with Crippen molar-refractivity contribution < 1.29 is 9.59 Å². The molecule has 0 unspecified atom stereocenters. The van der Waals surface area contributed by atoms with E-state index in [-0.39, 0.29) is 28.2 Å². The zero-order valence-electron chi connectivity index (χ0n) is 10.0. The fourth-order valence-corrected chi connectivity index (χ4v) is 1.38. The molecule has 98 valence electrons. The first kappa shape index (κ1) is 14.7. The minimum Gasteiger partial charge on any atom is -0.345 e. The van der Waals surface area contributed by atoms with Gasteiger partial charge in [-0.3, -0.25) is 9.59 Å². The van der Waals surface area contributed by atoms with Crippen molar-refractivity contribution in [2.24, 2.45) is 0 Å².